The van der Waals surface area contributed by atoms with Crippen LogP contribution in [0.1, 0.15) is 48.6 Å². The fraction of sp³-hybridized carbons (Fsp3) is 0.381. The fourth-order valence-corrected chi connectivity index (χ4v) is 4.69. The predicted molar refractivity (Wildman–Crippen MR) is 106 cm³/mol. The number of carbonyl (C=O) groups is 1. The van der Waals surface area contributed by atoms with E-state index in [1.165, 1.54) is 0 Å². The van der Waals surface area contributed by atoms with Gasteiger partial charge in [0.2, 0.25) is 5.91 Å². The van der Waals surface area contributed by atoms with Crippen LogP contribution in [0, 0.1) is 0 Å². The molecule has 0 aliphatic carbocycles. The molecule has 0 spiro atoms. The molecule has 27 heavy (non-hydrogen) atoms. The summed E-state index contributed by atoms with van der Waals surface area (Å²) in [6.07, 6.45) is 4.34. The molecule has 1 aromatic carbocycles. The highest BCUT2D eigenvalue weighted by atomic mass is 32.1. The van der Waals surface area contributed by atoms with E-state index < -0.39 is 0 Å². The van der Waals surface area contributed by atoms with E-state index in [1.54, 1.807) is 17.6 Å². The van der Waals surface area contributed by atoms with Gasteiger partial charge in [-0.15, -0.1) is 10.2 Å². The summed E-state index contributed by atoms with van der Waals surface area (Å²) in [7, 11) is 0. The Bertz CT molecular complexity index is 868. The minimum absolute atomic E-state index is 0.0464. The number of nitrogens with zero attached hydrogens (tertiary/aromatic N) is 3. The van der Waals surface area contributed by atoms with Crippen molar-refractivity contribution in [1.29, 1.82) is 0 Å². The molecule has 0 N–H and O–H groups in total. The van der Waals surface area contributed by atoms with Crippen molar-refractivity contribution in [3.63, 3.8) is 0 Å². The van der Waals surface area contributed by atoms with Gasteiger partial charge >= 0.3 is 0 Å². The molecule has 2 aromatic heterocycles. The Kier molecular flexibility index (Phi) is 5.34. The highest BCUT2D eigenvalue weighted by Crippen LogP contribution is 2.34. The molecule has 0 radical (unpaired) electrons. The highest BCUT2D eigenvalue weighted by molar-refractivity contribution is 7.14. The molecule has 1 aliphatic rings. The van der Waals surface area contributed by atoms with Gasteiger partial charge in [-0.3, -0.25) is 4.79 Å². The zero-order valence-corrected chi connectivity index (χ0v) is 16.2. The molecule has 3 heterocycles. The first-order valence-electron chi connectivity index (χ1n) is 9.47. The van der Waals surface area contributed by atoms with Gasteiger partial charge in [0.1, 0.15) is 5.01 Å². The van der Waals surface area contributed by atoms with Gasteiger partial charge in [0.15, 0.2) is 10.8 Å². The number of piperidine rings is 1. The van der Waals surface area contributed by atoms with Crippen LogP contribution in [-0.2, 0) is 4.79 Å². The smallest absolute Gasteiger partial charge is 0.230 e. The summed E-state index contributed by atoms with van der Waals surface area (Å²) in [5.74, 6) is 1.33. The minimum atomic E-state index is -0.0464. The van der Waals surface area contributed by atoms with Gasteiger partial charge in [-0.1, -0.05) is 48.6 Å². The van der Waals surface area contributed by atoms with Gasteiger partial charge < -0.3 is 9.32 Å². The number of hydrogen-bond donors (Lipinski definition) is 0. The second-order valence-corrected chi connectivity index (χ2v) is 7.90. The Morgan fingerprint density at radius 2 is 1.96 bits per heavy atom. The lowest BCUT2D eigenvalue weighted by atomic mass is 9.92. The topological polar surface area (TPSA) is 59.2 Å². The Hall–Kier alpha value is -2.47. The number of amides is 1. The minimum Gasteiger partial charge on any atom is -0.462 e. The molecule has 0 saturated carbocycles. The Labute approximate surface area is 163 Å². The number of hydrogen-bond acceptors (Lipinski definition) is 5. The summed E-state index contributed by atoms with van der Waals surface area (Å²) in [6, 6.07) is 13.9. The second kappa shape index (κ2) is 8.05. The predicted octanol–water partition coefficient (Wildman–Crippen LogP) is 4.70. The summed E-state index contributed by atoms with van der Waals surface area (Å²) < 4.78 is 5.40. The number of rotatable bonds is 5. The molecule has 6 heteroatoms. The average molecular weight is 382 g/mol. The standard InChI is InChI=1S/C21H23N3O2S/c1-2-17(15-7-4-3-5-8-15)21(25)24-12-10-16(11-13-24)19-22-23-20(27-19)18-9-6-14-26-18/h3-9,14,16-17H,2,10-13H2,1H3. The Balaban J connectivity index is 1.39. The third kappa shape index (κ3) is 3.81. The SMILES string of the molecule is CCC(C(=O)N1CCC(c2nnc(-c3ccco3)s2)CC1)c1ccccc1. The third-order valence-corrected chi connectivity index (χ3v) is 6.34. The largest absolute Gasteiger partial charge is 0.462 e. The second-order valence-electron chi connectivity index (χ2n) is 6.89. The van der Waals surface area contributed by atoms with Gasteiger partial charge in [0, 0.05) is 19.0 Å². The quantitative estimate of drug-likeness (QED) is 0.643. The molecule has 1 saturated heterocycles. The lowest BCUT2D eigenvalue weighted by molar-refractivity contribution is -0.134. The Morgan fingerprint density at radius 3 is 2.63 bits per heavy atom. The summed E-state index contributed by atoms with van der Waals surface area (Å²) in [5, 5.41) is 10.5. The van der Waals surface area contributed by atoms with Gasteiger partial charge in [-0.25, -0.2) is 0 Å². The summed E-state index contributed by atoms with van der Waals surface area (Å²) in [4.78, 5) is 15.0. The van der Waals surface area contributed by atoms with Crippen LogP contribution in [0.15, 0.2) is 53.1 Å². The number of carbonyl (C=O) groups excluding carboxylic acids is 1. The summed E-state index contributed by atoms with van der Waals surface area (Å²) in [5.41, 5.74) is 1.11. The fourth-order valence-electron chi connectivity index (χ4n) is 3.70. The van der Waals surface area contributed by atoms with E-state index >= 15 is 0 Å². The maximum Gasteiger partial charge on any atom is 0.230 e. The van der Waals surface area contributed by atoms with Crippen LogP contribution in [0.3, 0.4) is 0 Å². The maximum atomic E-state index is 13.0. The first kappa shape index (κ1) is 17.9. The molecular formula is C21H23N3O2S. The van der Waals surface area contributed by atoms with Crippen molar-refractivity contribution in [2.24, 2.45) is 0 Å². The first-order chi connectivity index (χ1) is 13.3. The zero-order valence-electron chi connectivity index (χ0n) is 15.4. The van der Waals surface area contributed by atoms with Crippen LogP contribution < -0.4 is 0 Å². The van der Waals surface area contributed by atoms with Crippen molar-refractivity contribution in [2.45, 2.75) is 38.0 Å². The summed E-state index contributed by atoms with van der Waals surface area (Å²) >= 11 is 1.60. The van der Waals surface area contributed by atoms with Crippen molar-refractivity contribution in [3.05, 3.63) is 59.3 Å². The molecular weight excluding hydrogens is 358 g/mol. The monoisotopic (exact) mass is 381 g/mol. The molecule has 1 atom stereocenters. The van der Waals surface area contributed by atoms with E-state index in [4.69, 9.17) is 4.42 Å². The molecule has 3 aromatic rings. The van der Waals surface area contributed by atoms with Crippen molar-refractivity contribution >= 4 is 17.2 Å². The van der Waals surface area contributed by atoms with Gasteiger partial charge in [-0.05, 0) is 37.0 Å². The van der Waals surface area contributed by atoms with Gasteiger partial charge in [0.25, 0.3) is 0 Å². The summed E-state index contributed by atoms with van der Waals surface area (Å²) in [6.45, 7) is 3.64. The number of aromatic nitrogens is 2. The lowest BCUT2D eigenvalue weighted by Gasteiger charge is -2.33. The average Bonchev–Trinajstić information content (AvgIpc) is 3.41. The highest BCUT2D eigenvalue weighted by Gasteiger charge is 2.30. The van der Waals surface area contributed by atoms with E-state index in [9.17, 15) is 4.79 Å². The van der Waals surface area contributed by atoms with E-state index in [0.29, 0.717) is 5.92 Å². The van der Waals surface area contributed by atoms with Crippen LogP contribution in [0.2, 0.25) is 0 Å². The third-order valence-electron chi connectivity index (χ3n) is 5.24. The van der Waals surface area contributed by atoms with Crippen LogP contribution in [-0.4, -0.2) is 34.1 Å². The molecule has 1 aliphatic heterocycles. The molecule has 1 unspecified atom stereocenters. The van der Waals surface area contributed by atoms with Crippen molar-refractivity contribution in [2.75, 3.05) is 13.1 Å². The zero-order chi connectivity index (χ0) is 18.6. The van der Waals surface area contributed by atoms with Crippen LogP contribution in [0.4, 0.5) is 0 Å². The molecule has 5 nitrogen and oxygen atoms in total. The normalized spacial score (nSPS) is 16.4. The number of benzene rings is 1. The van der Waals surface area contributed by atoms with Crippen molar-refractivity contribution in [3.8, 4) is 10.8 Å². The van der Waals surface area contributed by atoms with Crippen molar-refractivity contribution in [1.82, 2.24) is 15.1 Å². The van der Waals surface area contributed by atoms with E-state index in [0.717, 1.165) is 53.7 Å². The Morgan fingerprint density at radius 1 is 1.19 bits per heavy atom. The number of furan rings is 1. The molecule has 1 amide bonds. The molecule has 4 rings (SSSR count). The van der Waals surface area contributed by atoms with Crippen LogP contribution >= 0.6 is 11.3 Å². The van der Waals surface area contributed by atoms with E-state index in [1.807, 2.05) is 35.2 Å². The molecule has 0 bridgehead atoms. The van der Waals surface area contributed by atoms with Crippen molar-refractivity contribution < 1.29 is 9.21 Å². The van der Waals surface area contributed by atoms with Gasteiger partial charge in [-0.2, -0.15) is 0 Å². The molecule has 1 fully saturated rings. The maximum absolute atomic E-state index is 13.0. The van der Waals surface area contributed by atoms with E-state index in [-0.39, 0.29) is 11.8 Å². The first-order valence-corrected chi connectivity index (χ1v) is 10.3. The van der Waals surface area contributed by atoms with Gasteiger partial charge in [0.05, 0.1) is 12.2 Å². The molecule has 140 valence electrons. The van der Waals surface area contributed by atoms with E-state index in [2.05, 4.69) is 29.3 Å². The number of likely N-dealkylation sites (tertiary alicyclic amines) is 1. The van der Waals surface area contributed by atoms with Crippen LogP contribution in [0.5, 0.6) is 0 Å². The lowest BCUT2D eigenvalue weighted by Crippen LogP contribution is -2.40. The van der Waals surface area contributed by atoms with Crippen LogP contribution in [0.25, 0.3) is 10.8 Å².